The molecular formula is C19H19BrN2O2. The SMILES string of the molecule is O=C(NCc1ccc(C(=O)N2CCCC2)cc1)c1cccc(Br)c1. The Bertz CT molecular complexity index is 737. The van der Waals surface area contributed by atoms with Crippen LogP contribution in [-0.4, -0.2) is 29.8 Å². The van der Waals surface area contributed by atoms with Crippen molar-refractivity contribution >= 4 is 27.7 Å². The van der Waals surface area contributed by atoms with Crippen LogP contribution in [0.15, 0.2) is 53.0 Å². The highest BCUT2D eigenvalue weighted by atomic mass is 79.9. The van der Waals surface area contributed by atoms with Crippen molar-refractivity contribution in [1.29, 1.82) is 0 Å². The first-order valence-corrected chi connectivity index (χ1v) is 8.85. The molecule has 0 bridgehead atoms. The molecule has 0 unspecified atom stereocenters. The standard InChI is InChI=1S/C19H19BrN2O2/c20-17-5-3-4-16(12-17)18(23)21-13-14-6-8-15(9-7-14)19(24)22-10-1-2-11-22/h3-9,12H,1-2,10-11,13H2,(H,21,23). The van der Waals surface area contributed by atoms with Gasteiger partial charge in [0, 0.05) is 35.2 Å². The highest BCUT2D eigenvalue weighted by Crippen LogP contribution is 2.14. The molecule has 4 nitrogen and oxygen atoms in total. The summed E-state index contributed by atoms with van der Waals surface area (Å²) >= 11 is 3.36. The van der Waals surface area contributed by atoms with E-state index in [1.165, 1.54) is 0 Å². The van der Waals surface area contributed by atoms with Gasteiger partial charge in [0.25, 0.3) is 11.8 Å². The average Bonchev–Trinajstić information content (AvgIpc) is 3.14. The van der Waals surface area contributed by atoms with Gasteiger partial charge in [-0.15, -0.1) is 0 Å². The number of amides is 2. The maximum Gasteiger partial charge on any atom is 0.253 e. The van der Waals surface area contributed by atoms with Crippen molar-refractivity contribution < 1.29 is 9.59 Å². The Morgan fingerprint density at radius 1 is 1.00 bits per heavy atom. The van der Waals surface area contributed by atoms with Crippen LogP contribution in [0.4, 0.5) is 0 Å². The van der Waals surface area contributed by atoms with Gasteiger partial charge < -0.3 is 10.2 Å². The van der Waals surface area contributed by atoms with Gasteiger partial charge in [-0.2, -0.15) is 0 Å². The van der Waals surface area contributed by atoms with Gasteiger partial charge in [0.2, 0.25) is 0 Å². The molecule has 1 heterocycles. The van der Waals surface area contributed by atoms with Crippen LogP contribution in [-0.2, 0) is 6.54 Å². The molecule has 1 N–H and O–H groups in total. The molecule has 1 saturated heterocycles. The summed E-state index contributed by atoms with van der Waals surface area (Å²) in [5.74, 6) is -0.0225. The van der Waals surface area contributed by atoms with Crippen LogP contribution in [0, 0.1) is 0 Å². The fraction of sp³-hybridized carbons (Fsp3) is 0.263. The van der Waals surface area contributed by atoms with Gasteiger partial charge in [-0.3, -0.25) is 9.59 Å². The number of rotatable bonds is 4. The minimum atomic E-state index is -0.117. The molecule has 0 saturated carbocycles. The number of benzene rings is 2. The zero-order valence-electron chi connectivity index (χ0n) is 13.3. The monoisotopic (exact) mass is 386 g/mol. The number of carbonyl (C=O) groups is 2. The molecule has 2 amide bonds. The summed E-state index contributed by atoms with van der Waals surface area (Å²) in [5.41, 5.74) is 2.29. The smallest absolute Gasteiger partial charge is 0.253 e. The predicted octanol–water partition coefficient (Wildman–Crippen LogP) is 3.62. The van der Waals surface area contributed by atoms with E-state index < -0.39 is 0 Å². The summed E-state index contributed by atoms with van der Waals surface area (Å²) in [7, 11) is 0. The van der Waals surface area contributed by atoms with Crippen molar-refractivity contribution in [3.05, 3.63) is 69.7 Å². The quantitative estimate of drug-likeness (QED) is 0.872. The largest absolute Gasteiger partial charge is 0.348 e. The molecule has 2 aromatic rings. The van der Waals surface area contributed by atoms with Gasteiger partial charge in [-0.1, -0.05) is 34.1 Å². The predicted molar refractivity (Wildman–Crippen MR) is 96.9 cm³/mol. The fourth-order valence-electron chi connectivity index (χ4n) is 2.78. The number of halogens is 1. The van der Waals surface area contributed by atoms with Crippen LogP contribution in [0.3, 0.4) is 0 Å². The number of hydrogen-bond acceptors (Lipinski definition) is 2. The van der Waals surface area contributed by atoms with Crippen LogP contribution in [0.25, 0.3) is 0 Å². The summed E-state index contributed by atoms with van der Waals surface area (Å²) in [4.78, 5) is 26.3. The molecular weight excluding hydrogens is 368 g/mol. The third-order valence-corrected chi connectivity index (χ3v) is 4.63. The number of carbonyl (C=O) groups excluding carboxylic acids is 2. The first kappa shape index (κ1) is 16.7. The minimum absolute atomic E-state index is 0.0946. The summed E-state index contributed by atoms with van der Waals surface area (Å²) < 4.78 is 0.875. The summed E-state index contributed by atoms with van der Waals surface area (Å²) in [6, 6.07) is 14.7. The van der Waals surface area contributed by atoms with Crippen LogP contribution < -0.4 is 5.32 Å². The molecule has 1 aliphatic heterocycles. The van der Waals surface area contributed by atoms with E-state index in [1.807, 2.05) is 41.3 Å². The number of likely N-dealkylation sites (tertiary alicyclic amines) is 1. The van der Waals surface area contributed by atoms with Crippen LogP contribution >= 0.6 is 15.9 Å². The molecule has 124 valence electrons. The third-order valence-electron chi connectivity index (χ3n) is 4.13. The fourth-order valence-corrected chi connectivity index (χ4v) is 3.18. The van der Waals surface area contributed by atoms with E-state index in [-0.39, 0.29) is 11.8 Å². The Labute approximate surface area is 150 Å². The molecule has 0 aliphatic carbocycles. The molecule has 2 aromatic carbocycles. The first-order chi connectivity index (χ1) is 11.6. The number of hydrogen-bond donors (Lipinski definition) is 1. The molecule has 0 aromatic heterocycles. The Kier molecular flexibility index (Phi) is 5.30. The maximum atomic E-state index is 12.3. The first-order valence-electron chi connectivity index (χ1n) is 8.05. The van der Waals surface area contributed by atoms with E-state index in [4.69, 9.17) is 0 Å². The molecule has 0 spiro atoms. The lowest BCUT2D eigenvalue weighted by molar-refractivity contribution is 0.0792. The van der Waals surface area contributed by atoms with Crippen LogP contribution in [0.5, 0.6) is 0 Å². The zero-order valence-corrected chi connectivity index (χ0v) is 14.9. The summed E-state index contributed by atoms with van der Waals surface area (Å²) in [6.07, 6.45) is 2.18. The van der Waals surface area contributed by atoms with Gasteiger partial charge >= 0.3 is 0 Å². The maximum absolute atomic E-state index is 12.3. The van der Waals surface area contributed by atoms with Gasteiger partial charge in [0.1, 0.15) is 0 Å². The van der Waals surface area contributed by atoms with Crippen molar-refractivity contribution in [3.8, 4) is 0 Å². The molecule has 0 radical (unpaired) electrons. The van der Waals surface area contributed by atoms with Crippen molar-refractivity contribution in [2.75, 3.05) is 13.1 Å². The molecule has 24 heavy (non-hydrogen) atoms. The number of nitrogens with one attached hydrogen (secondary N) is 1. The average molecular weight is 387 g/mol. The molecule has 1 fully saturated rings. The van der Waals surface area contributed by atoms with Crippen molar-refractivity contribution in [3.63, 3.8) is 0 Å². The molecule has 1 aliphatic rings. The van der Waals surface area contributed by atoms with E-state index in [0.29, 0.717) is 17.7 Å². The van der Waals surface area contributed by atoms with E-state index in [1.54, 1.807) is 12.1 Å². The minimum Gasteiger partial charge on any atom is -0.348 e. The Morgan fingerprint density at radius 2 is 1.71 bits per heavy atom. The molecule has 3 rings (SSSR count). The zero-order chi connectivity index (χ0) is 16.9. The van der Waals surface area contributed by atoms with E-state index in [0.717, 1.165) is 36.0 Å². The van der Waals surface area contributed by atoms with Crippen LogP contribution in [0.1, 0.15) is 39.1 Å². The molecule has 5 heteroatoms. The third kappa shape index (κ3) is 4.03. The van der Waals surface area contributed by atoms with E-state index >= 15 is 0 Å². The summed E-state index contributed by atoms with van der Waals surface area (Å²) in [6.45, 7) is 2.14. The van der Waals surface area contributed by atoms with Gasteiger partial charge in [-0.25, -0.2) is 0 Å². The van der Waals surface area contributed by atoms with Crippen molar-refractivity contribution in [2.24, 2.45) is 0 Å². The van der Waals surface area contributed by atoms with E-state index in [2.05, 4.69) is 21.2 Å². The highest BCUT2D eigenvalue weighted by Gasteiger charge is 2.19. The van der Waals surface area contributed by atoms with Gasteiger partial charge in [-0.05, 0) is 48.7 Å². The second-order valence-electron chi connectivity index (χ2n) is 5.89. The Hall–Kier alpha value is -2.14. The lowest BCUT2D eigenvalue weighted by Gasteiger charge is -2.15. The Morgan fingerprint density at radius 3 is 2.38 bits per heavy atom. The highest BCUT2D eigenvalue weighted by molar-refractivity contribution is 9.10. The van der Waals surface area contributed by atoms with Gasteiger partial charge in [0.15, 0.2) is 0 Å². The Balaban J connectivity index is 1.58. The number of nitrogens with zero attached hydrogens (tertiary/aromatic N) is 1. The van der Waals surface area contributed by atoms with Crippen molar-refractivity contribution in [1.82, 2.24) is 10.2 Å². The van der Waals surface area contributed by atoms with Crippen molar-refractivity contribution in [2.45, 2.75) is 19.4 Å². The lowest BCUT2D eigenvalue weighted by Crippen LogP contribution is -2.27. The normalized spacial score (nSPS) is 13.8. The lowest BCUT2D eigenvalue weighted by atomic mass is 10.1. The summed E-state index contributed by atoms with van der Waals surface area (Å²) in [5, 5.41) is 2.89. The van der Waals surface area contributed by atoms with Gasteiger partial charge in [0.05, 0.1) is 0 Å². The second-order valence-corrected chi connectivity index (χ2v) is 6.80. The second kappa shape index (κ2) is 7.62. The van der Waals surface area contributed by atoms with E-state index in [9.17, 15) is 9.59 Å². The molecule has 0 atom stereocenters. The van der Waals surface area contributed by atoms with Crippen LogP contribution in [0.2, 0.25) is 0 Å². The topological polar surface area (TPSA) is 49.4 Å².